The average Bonchev–Trinajstić information content (AvgIpc) is 2.96. The summed E-state index contributed by atoms with van der Waals surface area (Å²) in [6, 6.07) is 27.3. The van der Waals surface area contributed by atoms with E-state index >= 15 is 0 Å². The molecule has 0 saturated heterocycles. The summed E-state index contributed by atoms with van der Waals surface area (Å²) in [6.45, 7) is 8.30. The molecular formula is C32H36ClNO8. The Hall–Kier alpha value is -3.86. The molecule has 0 aliphatic heterocycles. The topological polar surface area (TPSA) is 133 Å². The Balaban J connectivity index is 0.000000892. The van der Waals surface area contributed by atoms with Crippen LogP contribution in [0.25, 0.3) is 22.4 Å². The van der Waals surface area contributed by atoms with E-state index in [1.165, 1.54) is 16.8 Å². The van der Waals surface area contributed by atoms with E-state index in [4.69, 9.17) is 37.6 Å². The number of halogens is 1. The first-order chi connectivity index (χ1) is 20.1. The van der Waals surface area contributed by atoms with E-state index in [1.807, 2.05) is 44.2 Å². The highest BCUT2D eigenvalue weighted by Crippen LogP contribution is 2.30. The molecule has 1 heterocycles. The summed E-state index contributed by atoms with van der Waals surface area (Å²) in [4.78, 5) is 0. The predicted octanol–water partition coefficient (Wildman–Crippen LogP) is 1.92. The van der Waals surface area contributed by atoms with Crippen LogP contribution in [0.4, 0.5) is 0 Å². The Morgan fingerprint density at radius 3 is 1.67 bits per heavy atom. The number of ether oxygens (including phenoxy) is 4. The van der Waals surface area contributed by atoms with Gasteiger partial charge in [0.05, 0.1) is 27.4 Å². The second-order valence-corrected chi connectivity index (χ2v) is 9.91. The molecule has 0 spiro atoms. The molecule has 0 radical (unpaired) electrons. The summed E-state index contributed by atoms with van der Waals surface area (Å²) in [5.41, 5.74) is 7.02. The van der Waals surface area contributed by atoms with E-state index in [1.54, 1.807) is 14.2 Å². The van der Waals surface area contributed by atoms with Crippen LogP contribution in [0.1, 0.15) is 25.1 Å². The fourth-order valence-corrected chi connectivity index (χ4v) is 4.54. The summed E-state index contributed by atoms with van der Waals surface area (Å²) in [7, 11) is -1.62. The van der Waals surface area contributed by atoms with Crippen molar-refractivity contribution in [3.63, 3.8) is 0 Å². The number of aromatic nitrogens is 1. The molecule has 224 valence electrons. The van der Waals surface area contributed by atoms with Crippen LogP contribution in [-0.4, -0.2) is 27.4 Å². The number of pyridine rings is 1. The Bertz CT molecular complexity index is 1410. The molecule has 0 saturated carbocycles. The third-order valence-corrected chi connectivity index (χ3v) is 6.40. The van der Waals surface area contributed by atoms with Gasteiger partial charge in [0.2, 0.25) is 5.69 Å². The number of benzene rings is 3. The number of rotatable bonds is 11. The Labute approximate surface area is 248 Å². The van der Waals surface area contributed by atoms with E-state index in [9.17, 15) is 0 Å². The van der Waals surface area contributed by atoms with Gasteiger partial charge in [-0.2, -0.15) is 4.57 Å². The summed E-state index contributed by atoms with van der Waals surface area (Å²) in [6.07, 6.45) is 0.859. The van der Waals surface area contributed by atoms with Crippen LogP contribution in [0.2, 0.25) is 0 Å². The molecule has 4 aromatic rings. The fraction of sp³-hybridized carbons (Fsp3) is 0.281. The molecule has 0 amide bonds. The monoisotopic (exact) mass is 597 g/mol. The van der Waals surface area contributed by atoms with Crippen LogP contribution < -0.4 is 42.2 Å². The van der Waals surface area contributed by atoms with Gasteiger partial charge in [-0.05, 0) is 79.1 Å². The van der Waals surface area contributed by atoms with Crippen molar-refractivity contribution in [1.29, 1.82) is 0 Å². The molecule has 0 unspecified atom stereocenters. The molecule has 0 N–H and O–H groups in total. The second-order valence-electron chi connectivity index (χ2n) is 9.15. The third-order valence-electron chi connectivity index (χ3n) is 6.40. The standard InChI is InChI=1S/C32H36NO4.ClHO4/c1-6-36-28-13-9-25(10-14-28)27-20-23(3)33(19-18-24-8-17-31(34-4)32(21-24)35-5)30(22-27)26-11-15-29(16-12-26)37-7-2;2-1(3,4)5/h8-17,20-22H,6-7,18-19H2,1-5H3;(H,2,3,4,5)/q+1;/p-1. The van der Waals surface area contributed by atoms with Gasteiger partial charge >= 0.3 is 0 Å². The zero-order valence-corrected chi connectivity index (χ0v) is 25.2. The lowest BCUT2D eigenvalue weighted by molar-refractivity contribution is -2.00. The Morgan fingerprint density at radius 2 is 1.17 bits per heavy atom. The van der Waals surface area contributed by atoms with Crippen molar-refractivity contribution in [2.45, 2.75) is 33.7 Å². The van der Waals surface area contributed by atoms with E-state index in [0.717, 1.165) is 52.8 Å². The minimum atomic E-state index is -4.94. The van der Waals surface area contributed by atoms with Crippen LogP contribution in [0.5, 0.6) is 23.0 Å². The molecule has 10 heteroatoms. The summed E-state index contributed by atoms with van der Waals surface area (Å²) in [5, 5.41) is 0. The van der Waals surface area contributed by atoms with Gasteiger partial charge in [0, 0.05) is 31.0 Å². The van der Waals surface area contributed by atoms with Crippen molar-refractivity contribution in [2.24, 2.45) is 0 Å². The van der Waals surface area contributed by atoms with Crippen LogP contribution >= 0.6 is 0 Å². The van der Waals surface area contributed by atoms with Gasteiger partial charge in [0.1, 0.15) is 11.5 Å². The Kier molecular flexibility index (Phi) is 12.0. The van der Waals surface area contributed by atoms with Gasteiger partial charge in [0.25, 0.3) is 0 Å². The normalized spacial score (nSPS) is 10.9. The highest BCUT2D eigenvalue weighted by molar-refractivity contribution is 5.70. The van der Waals surface area contributed by atoms with Gasteiger partial charge in [-0.25, -0.2) is 18.6 Å². The number of nitrogens with zero attached hydrogens (tertiary/aromatic N) is 1. The molecule has 9 nitrogen and oxygen atoms in total. The van der Waals surface area contributed by atoms with Crippen molar-refractivity contribution in [2.75, 3.05) is 27.4 Å². The maximum atomic E-state index is 8.49. The first kappa shape index (κ1) is 32.7. The first-order valence-corrected chi connectivity index (χ1v) is 14.6. The van der Waals surface area contributed by atoms with E-state index in [-0.39, 0.29) is 0 Å². The molecular weight excluding hydrogens is 562 g/mol. The van der Waals surface area contributed by atoms with Crippen molar-refractivity contribution in [3.05, 3.63) is 90.1 Å². The lowest BCUT2D eigenvalue weighted by atomic mass is 10.0. The van der Waals surface area contributed by atoms with Crippen LogP contribution in [0.15, 0.2) is 78.9 Å². The zero-order chi connectivity index (χ0) is 30.7. The van der Waals surface area contributed by atoms with Crippen LogP contribution in [0.3, 0.4) is 0 Å². The lowest BCUT2D eigenvalue weighted by Crippen LogP contribution is -2.68. The summed E-state index contributed by atoms with van der Waals surface area (Å²) < 4.78 is 58.6. The molecule has 4 rings (SSSR count). The van der Waals surface area contributed by atoms with Gasteiger partial charge in [-0.15, -0.1) is 10.2 Å². The maximum Gasteiger partial charge on any atom is 0.213 e. The third kappa shape index (κ3) is 9.61. The van der Waals surface area contributed by atoms with E-state index < -0.39 is 10.2 Å². The van der Waals surface area contributed by atoms with Crippen molar-refractivity contribution in [1.82, 2.24) is 0 Å². The molecule has 0 aliphatic rings. The average molecular weight is 598 g/mol. The van der Waals surface area contributed by atoms with Crippen LogP contribution in [0, 0.1) is 17.2 Å². The van der Waals surface area contributed by atoms with E-state index in [2.05, 4.69) is 60.0 Å². The second kappa shape index (κ2) is 15.4. The Morgan fingerprint density at radius 1 is 0.643 bits per heavy atom. The largest absolute Gasteiger partial charge is 0.494 e. The quantitative estimate of drug-likeness (QED) is 0.240. The van der Waals surface area contributed by atoms with Gasteiger partial charge in [0.15, 0.2) is 23.7 Å². The molecule has 1 aromatic heterocycles. The molecule has 0 bridgehead atoms. The smallest absolute Gasteiger partial charge is 0.213 e. The number of hydrogen-bond donors (Lipinski definition) is 0. The molecule has 42 heavy (non-hydrogen) atoms. The molecule has 0 aliphatic carbocycles. The molecule has 0 atom stereocenters. The van der Waals surface area contributed by atoms with Gasteiger partial charge in [-0.1, -0.05) is 18.2 Å². The van der Waals surface area contributed by atoms with Gasteiger partial charge < -0.3 is 18.9 Å². The van der Waals surface area contributed by atoms with Crippen LogP contribution in [-0.2, 0) is 13.0 Å². The highest BCUT2D eigenvalue weighted by Gasteiger charge is 2.20. The van der Waals surface area contributed by atoms with Crippen molar-refractivity contribution in [3.8, 4) is 45.4 Å². The SMILES string of the molecule is CCOc1ccc(-c2cc(C)[n+](CCc3ccc(OC)c(OC)c3)c(-c3ccc(OCC)cc3)c2)cc1.[O-][Cl+3]([O-])([O-])[O-]. The predicted molar refractivity (Wildman–Crippen MR) is 148 cm³/mol. The minimum absolute atomic E-state index is 0.650. The summed E-state index contributed by atoms with van der Waals surface area (Å²) >= 11 is 0. The number of methoxy groups -OCH3 is 2. The van der Waals surface area contributed by atoms with E-state index in [0.29, 0.717) is 13.2 Å². The number of hydrogen-bond acceptors (Lipinski definition) is 8. The highest BCUT2D eigenvalue weighted by atomic mass is 35.7. The maximum absolute atomic E-state index is 8.49. The van der Waals surface area contributed by atoms with Gasteiger partial charge in [-0.3, -0.25) is 0 Å². The zero-order valence-electron chi connectivity index (χ0n) is 24.4. The molecule has 3 aromatic carbocycles. The minimum Gasteiger partial charge on any atom is -0.494 e. The van der Waals surface area contributed by atoms with Crippen molar-refractivity contribution >= 4 is 0 Å². The lowest BCUT2D eigenvalue weighted by Gasteiger charge is -2.17. The first-order valence-electron chi connectivity index (χ1n) is 13.4. The summed E-state index contributed by atoms with van der Waals surface area (Å²) in [5.74, 6) is 3.25. The fourth-order valence-electron chi connectivity index (χ4n) is 4.54. The molecule has 0 fully saturated rings. The number of aryl methyl sites for hydroxylation is 2. The van der Waals surface area contributed by atoms with Crippen molar-refractivity contribution < 1.29 is 52.4 Å².